The second kappa shape index (κ2) is 9.84. The average Bonchev–Trinajstić information content (AvgIpc) is 3.21. The lowest BCUT2D eigenvalue weighted by molar-refractivity contribution is -0.125. The molecule has 0 aliphatic carbocycles. The summed E-state index contributed by atoms with van der Waals surface area (Å²) < 4.78 is 5.34. The van der Waals surface area contributed by atoms with Gasteiger partial charge < -0.3 is 9.64 Å². The molecule has 7 heteroatoms. The quantitative estimate of drug-likeness (QED) is 0.527. The number of rotatable bonds is 7. The number of anilines is 2. The van der Waals surface area contributed by atoms with Crippen LogP contribution in [0.3, 0.4) is 0 Å². The standard InChI is InChI=1S/C23H23N3O3S/c1-17(27)26(20-10-5-4-6-11-20)23-24-19(16-30-23)13-14-22(28)25(2)15-18-9-7-8-12-21(18)29-3/h4-14,16H,15H2,1-3H3. The summed E-state index contributed by atoms with van der Waals surface area (Å²) in [5.74, 6) is 0.469. The lowest BCUT2D eigenvalue weighted by Gasteiger charge is -2.17. The van der Waals surface area contributed by atoms with Crippen LogP contribution in [-0.2, 0) is 16.1 Å². The van der Waals surface area contributed by atoms with E-state index in [4.69, 9.17) is 4.74 Å². The van der Waals surface area contributed by atoms with Crippen molar-refractivity contribution in [1.82, 2.24) is 9.88 Å². The van der Waals surface area contributed by atoms with Crippen LogP contribution in [0.4, 0.5) is 10.8 Å². The van der Waals surface area contributed by atoms with Gasteiger partial charge in [-0.25, -0.2) is 4.98 Å². The van der Waals surface area contributed by atoms with Crippen molar-refractivity contribution in [2.24, 2.45) is 0 Å². The molecule has 1 heterocycles. The number of hydrogen-bond acceptors (Lipinski definition) is 5. The normalized spacial score (nSPS) is 10.8. The van der Waals surface area contributed by atoms with E-state index in [0.29, 0.717) is 17.4 Å². The molecule has 154 valence electrons. The Morgan fingerprint density at radius 2 is 1.80 bits per heavy atom. The minimum Gasteiger partial charge on any atom is -0.496 e. The number of likely N-dealkylation sites (N-methyl/N-ethyl adjacent to an activating group) is 1. The molecule has 0 unspecified atom stereocenters. The molecule has 0 saturated heterocycles. The van der Waals surface area contributed by atoms with Crippen molar-refractivity contribution >= 4 is 40.0 Å². The van der Waals surface area contributed by atoms with Crippen LogP contribution in [0.15, 0.2) is 66.1 Å². The summed E-state index contributed by atoms with van der Waals surface area (Å²) >= 11 is 1.35. The molecular formula is C23H23N3O3S. The molecule has 2 amide bonds. The van der Waals surface area contributed by atoms with Gasteiger partial charge in [-0.1, -0.05) is 36.4 Å². The van der Waals surface area contributed by atoms with E-state index in [0.717, 1.165) is 17.0 Å². The van der Waals surface area contributed by atoms with Crippen LogP contribution in [-0.4, -0.2) is 35.9 Å². The minimum atomic E-state index is -0.151. The van der Waals surface area contributed by atoms with Gasteiger partial charge in [0.2, 0.25) is 11.8 Å². The van der Waals surface area contributed by atoms with Crippen LogP contribution >= 0.6 is 11.3 Å². The summed E-state index contributed by atoms with van der Waals surface area (Å²) in [6.07, 6.45) is 3.14. The van der Waals surface area contributed by atoms with Crippen molar-refractivity contribution < 1.29 is 14.3 Å². The molecule has 1 aromatic heterocycles. The summed E-state index contributed by atoms with van der Waals surface area (Å²) in [6, 6.07) is 17.0. The maximum atomic E-state index is 12.5. The van der Waals surface area contributed by atoms with Gasteiger partial charge in [-0.05, 0) is 24.3 Å². The number of aromatic nitrogens is 1. The molecule has 30 heavy (non-hydrogen) atoms. The largest absolute Gasteiger partial charge is 0.496 e. The van der Waals surface area contributed by atoms with Crippen LogP contribution in [0, 0.1) is 0 Å². The van der Waals surface area contributed by atoms with Crippen LogP contribution < -0.4 is 9.64 Å². The zero-order valence-electron chi connectivity index (χ0n) is 17.1. The number of carbonyl (C=O) groups is 2. The molecule has 0 N–H and O–H groups in total. The molecule has 6 nitrogen and oxygen atoms in total. The Hall–Kier alpha value is -3.45. The number of thiazole rings is 1. The van der Waals surface area contributed by atoms with Crippen LogP contribution in [0.5, 0.6) is 5.75 Å². The third-order valence-corrected chi connectivity index (χ3v) is 5.25. The molecule has 0 bridgehead atoms. The zero-order valence-corrected chi connectivity index (χ0v) is 17.9. The Balaban J connectivity index is 1.70. The Bertz CT molecular complexity index is 1050. The Morgan fingerprint density at radius 1 is 1.10 bits per heavy atom. The second-order valence-corrected chi connectivity index (χ2v) is 7.42. The fourth-order valence-electron chi connectivity index (χ4n) is 2.91. The smallest absolute Gasteiger partial charge is 0.246 e. The third kappa shape index (κ3) is 5.12. The van der Waals surface area contributed by atoms with Crippen molar-refractivity contribution in [3.8, 4) is 5.75 Å². The Kier molecular flexibility index (Phi) is 6.98. The summed E-state index contributed by atoms with van der Waals surface area (Å²) in [7, 11) is 3.35. The molecule has 0 aliphatic heterocycles. The van der Waals surface area contributed by atoms with Gasteiger partial charge in [0.25, 0.3) is 0 Å². The van der Waals surface area contributed by atoms with Gasteiger partial charge in [-0.3, -0.25) is 14.5 Å². The van der Waals surface area contributed by atoms with E-state index in [1.165, 1.54) is 24.3 Å². The van der Waals surface area contributed by atoms with Crippen molar-refractivity contribution in [2.45, 2.75) is 13.5 Å². The number of methoxy groups -OCH3 is 1. The molecule has 0 saturated carbocycles. The highest BCUT2D eigenvalue weighted by molar-refractivity contribution is 7.14. The van der Waals surface area contributed by atoms with E-state index < -0.39 is 0 Å². The minimum absolute atomic E-state index is 0.126. The van der Waals surface area contributed by atoms with E-state index >= 15 is 0 Å². The first-order valence-electron chi connectivity index (χ1n) is 9.36. The van der Waals surface area contributed by atoms with E-state index in [9.17, 15) is 9.59 Å². The van der Waals surface area contributed by atoms with Gasteiger partial charge in [-0.2, -0.15) is 0 Å². The maximum absolute atomic E-state index is 12.5. The van der Waals surface area contributed by atoms with Crippen molar-refractivity contribution in [2.75, 3.05) is 19.1 Å². The third-order valence-electron chi connectivity index (χ3n) is 4.40. The lowest BCUT2D eigenvalue weighted by Crippen LogP contribution is -2.24. The van der Waals surface area contributed by atoms with Crippen LogP contribution in [0.1, 0.15) is 18.2 Å². The predicted molar refractivity (Wildman–Crippen MR) is 120 cm³/mol. The molecule has 0 atom stereocenters. The fraction of sp³-hybridized carbons (Fsp3) is 0.174. The van der Waals surface area contributed by atoms with Gasteiger partial charge in [0.1, 0.15) is 5.75 Å². The first kappa shape index (κ1) is 21.3. The van der Waals surface area contributed by atoms with E-state index in [1.54, 1.807) is 30.0 Å². The number of amides is 2. The number of hydrogen-bond donors (Lipinski definition) is 0. The Morgan fingerprint density at radius 3 is 2.50 bits per heavy atom. The summed E-state index contributed by atoms with van der Waals surface area (Å²) in [6.45, 7) is 1.93. The molecular weight excluding hydrogens is 398 g/mol. The number of nitrogens with zero attached hydrogens (tertiary/aromatic N) is 3. The maximum Gasteiger partial charge on any atom is 0.246 e. The summed E-state index contributed by atoms with van der Waals surface area (Å²) in [5, 5.41) is 2.38. The van der Waals surface area contributed by atoms with Gasteiger partial charge in [0, 0.05) is 37.5 Å². The molecule has 0 aliphatic rings. The highest BCUT2D eigenvalue weighted by Crippen LogP contribution is 2.29. The lowest BCUT2D eigenvalue weighted by atomic mass is 10.2. The van der Waals surface area contributed by atoms with Gasteiger partial charge >= 0.3 is 0 Å². The van der Waals surface area contributed by atoms with E-state index in [2.05, 4.69) is 4.98 Å². The van der Waals surface area contributed by atoms with E-state index in [-0.39, 0.29) is 11.8 Å². The Labute approximate surface area is 180 Å². The zero-order chi connectivity index (χ0) is 21.5. The van der Waals surface area contributed by atoms with Crippen molar-refractivity contribution in [3.63, 3.8) is 0 Å². The second-order valence-electron chi connectivity index (χ2n) is 6.58. The topological polar surface area (TPSA) is 62.7 Å². The van der Waals surface area contributed by atoms with Gasteiger partial charge in [0.05, 0.1) is 18.5 Å². The van der Waals surface area contributed by atoms with Crippen LogP contribution in [0.25, 0.3) is 6.08 Å². The number of benzene rings is 2. The highest BCUT2D eigenvalue weighted by atomic mass is 32.1. The number of ether oxygens (including phenoxy) is 1. The first-order chi connectivity index (χ1) is 14.5. The monoisotopic (exact) mass is 421 g/mol. The molecule has 2 aromatic carbocycles. The summed E-state index contributed by atoms with van der Waals surface area (Å²) in [4.78, 5) is 32.3. The number of carbonyl (C=O) groups excluding carboxylic acids is 2. The van der Waals surface area contributed by atoms with Crippen molar-refractivity contribution in [1.29, 1.82) is 0 Å². The SMILES string of the molecule is COc1ccccc1CN(C)C(=O)C=Cc1csc(N(C(C)=O)c2ccccc2)n1. The predicted octanol–water partition coefficient (Wildman–Crippen LogP) is 4.51. The highest BCUT2D eigenvalue weighted by Gasteiger charge is 2.17. The average molecular weight is 422 g/mol. The van der Waals surface area contributed by atoms with Crippen molar-refractivity contribution in [3.05, 3.63) is 77.3 Å². The molecule has 0 spiro atoms. The fourth-order valence-corrected chi connectivity index (χ4v) is 3.77. The first-order valence-corrected chi connectivity index (χ1v) is 10.2. The molecule has 0 fully saturated rings. The van der Waals surface area contributed by atoms with E-state index in [1.807, 2.05) is 60.0 Å². The molecule has 0 radical (unpaired) electrons. The molecule has 3 aromatic rings. The number of para-hydroxylation sites is 2. The van der Waals surface area contributed by atoms with Crippen LogP contribution in [0.2, 0.25) is 0 Å². The summed E-state index contributed by atoms with van der Waals surface area (Å²) in [5.41, 5.74) is 2.30. The molecule has 3 rings (SSSR count). The van der Waals surface area contributed by atoms with Gasteiger partial charge in [0.15, 0.2) is 5.13 Å². The van der Waals surface area contributed by atoms with Gasteiger partial charge in [-0.15, -0.1) is 11.3 Å².